The molecule has 0 bridgehead atoms. The van der Waals surface area contributed by atoms with Gasteiger partial charge >= 0.3 is 0 Å². The molecule has 9 heteroatoms. The van der Waals surface area contributed by atoms with Crippen LogP contribution in [0.4, 0.5) is 10.2 Å². The molecule has 3 aromatic carbocycles. The zero-order chi connectivity index (χ0) is 25.8. The van der Waals surface area contributed by atoms with Crippen molar-refractivity contribution in [1.29, 1.82) is 0 Å². The normalized spacial score (nSPS) is 16.1. The van der Waals surface area contributed by atoms with E-state index in [0.717, 1.165) is 29.7 Å². The van der Waals surface area contributed by atoms with Crippen molar-refractivity contribution in [2.24, 2.45) is 0 Å². The predicted molar refractivity (Wildman–Crippen MR) is 143 cm³/mol. The monoisotopic (exact) mass is 519 g/mol. The highest BCUT2D eigenvalue weighted by molar-refractivity contribution is 7.89. The molecule has 5 rings (SSSR count). The summed E-state index contributed by atoms with van der Waals surface area (Å²) in [4.78, 5) is 12.1. The zero-order valence-corrected chi connectivity index (χ0v) is 21.5. The Balaban J connectivity index is 1.29. The maximum absolute atomic E-state index is 13.3. The summed E-state index contributed by atoms with van der Waals surface area (Å²) >= 11 is 0. The molecular formula is C28H30FN5O2S. The first-order valence-electron chi connectivity index (χ1n) is 12.5. The van der Waals surface area contributed by atoms with E-state index in [2.05, 4.69) is 29.3 Å². The van der Waals surface area contributed by atoms with Crippen LogP contribution in [0.1, 0.15) is 24.4 Å². The van der Waals surface area contributed by atoms with E-state index in [9.17, 15) is 12.8 Å². The Hall–Kier alpha value is -3.40. The minimum Gasteiger partial charge on any atom is -0.369 e. The van der Waals surface area contributed by atoms with Crippen molar-refractivity contribution in [2.45, 2.75) is 24.3 Å². The average molecular weight is 520 g/mol. The van der Waals surface area contributed by atoms with Gasteiger partial charge in [-0.05, 0) is 55.3 Å². The second-order valence-electron chi connectivity index (χ2n) is 9.18. The summed E-state index contributed by atoms with van der Waals surface area (Å²) in [6.45, 7) is 4.60. The van der Waals surface area contributed by atoms with Gasteiger partial charge in [-0.25, -0.2) is 22.8 Å². The van der Waals surface area contributed by atoms with Crippen LogP contribution < -0.4 is 5.32 Å². The number of hydrogen-bond donors (Lipinski definition) is 1. The number of piperazine rings is 1. The van der Waals surface area contributed by atoms with Crippen LogP contribution in [0.5, 0.6) is 0 Å². The Labute approximate surface area is 217 Å². The van der Waals surface area contributed by atoms with E-state index in [1.165, 1.54) is 34.1 Å². The SMILES string of the molecule is CC(c1nc(NCCc2ccccc2)c2ccccc2n1)N1CCN(S(=O)(=O)c2ccc(F)cc2)CC1. The lowest BCUT2D eigenvalue weighted by Gasteiger charge is -2.36. The van der Waals surface area contributed by atoms with Gasteiger partial charge < -0.3 is 5.32 Å². The van der Waals surface area contributed by atoms with Gasteiger partial charge in [0.05, 0.1) is 16.5 Å². The minimum atomic E-state index is -3.66. The lowest BCUT2D eigenvalue weighted by Crippen LogP contribution is -2.49. The second-order valence-corrected chi connectivity index (χ2v) is 11.1. The van der Waals surface area contributed by atoms with E-state index in [4.69, 9.17) is 9.97 Å². The smallest absolute Gasteiger partial charge is 0.243 e. The highest BCUT2D eigenvalue weighted by Gasteiger charge is 2.31. The number of fused-ring (bicyclic) bond motifs is 1. The first-order valence-corrected chi connectivity index (χ1v) is 13.9. The van der Waals surface area contributed by atoms with E-state index in [1.54, 1.807) is 0 Å². The fourth-order valence-corrected chi connectivity index (χ4v) is 6.06. The molecule has 1 aliphatic rings. The summed E-state index contributed by atoms with van der Waals surface area (Å²) in [7, 11) is -3.66. The number of hydrogen-bond acceptors (Lipinski definition) is 6. The molecule has 7 nitrogen and oxygen atoms in total. The van der Waals surface area contributed by atoms with Crippen molar-refractivity contribution in [3.63, 3.8) is 0 Å². The average Bonchev–Trinajstić information content (AvgIpc) is 2.93. The fourth-order valence-electron chi connectivity index (χ4n) is 4.64. The fraction of sp³-hybridized carbons (Fsp3) is 0.286. The van der Waals surface area contributed by atoms with Crippen LogP contribution >= 0.6 is 0 Å². The van der Waals surface area contributed by atoms with Gasteiger partial charge in [-0.2, -0.15) is 4.31 Å². The first kappa shape index (κ1) is 25.3. The third-order valence-corrected chi connectivity index (χ3v) is 8.73. The van der Waals surface area contributed by atoms with Gasteiger partial charge in [-0.3, -0.25) is 4.90 Å². The Morgan fingerprint density at radius 1 is 0.892 bits per heavy atom. The van der Waals surface area contributed by atoms with Gasteiger partial charge in [-0.1, -0.05) is 42.5 Å². The maximum atomic E-state index is 13.3. The van der Waals surface area contributed by atoms with Crippen LogP contribution in [0.15, 0.2) is 83.8 Å². The summed E-state index contributed by atoms with van der Waals surface area (Å²) < 4.78 is 40.7. The van der Waals surface area contributed by atoms with E-state index in [0.29, 0.717) is 32.0 Å². The summed E-state index contributed by atoms with van der Waals surface area (Å²) in [6.07, 6.45) is 0.883. The number of halogens is 1. The Kier molecular flexibility index (Phi) is 7.45. The highest BCUT2D eigenvalue weighted by Crippen LogP contribution is 2.27. The molecule has 2 heterocycles. The molecule has 0 saturated carbocycles. The van der Waals surface area contributed by atoms with Crippen molar-refractivity contribution in [2.75, 3.05) is 38.0 Å². The number of sulfonamides is 1. The molecule has 192 valence electrons. The number of benzene rings is 3. The number of anilines is 1. The van der Waals surface area contributed by atoms with Crippen LogP contribution in [0.3, 0.4) is 0 Å². The number of rotatable bonds is 8. The number of nitrogens with one attached hydrogen (secondary N) is 1. The van der Waals surface area contributed by atoms with E-state index < -0.39 is 15.8 Å². The first-order chi connectivity index (χ1) is 17.9. The van der Waals surface area contributed by atoms with Gasteiger partial charge in [0.15, 0.2) is 0 Å². The maximum Gasteiger partial charge on any atom is 0.243 e. The van der Waals surface area contributed by atoms with Gasteiger partial charge in [-0.15, -0.1) is 0 Å². The van der Waals surface area contributed by atoms with Gasteiger partial charge in [0.1, 0.15) is 17.5 Å². The Bertz CT molecular complexity index is 1460. The van der Waals surface area contributed by atoms with Crippen molar-refractivity contribution >= 4 is 26.7 Å². The standard InChI is InChI=1S/C28H30FN5O2S/c1-21(33-17-19-34(20-18-33)37(35,36)24-13-11-23(29)12-14-24)27-31-26-10-6-5-9-25(26)28(32-27)30-16-15-22-7-3-2-4-8-22/h2-14,21H,15-20H2,1H3,(H,30,31,32). The van der Waals surface area contributed by atoms with E-state index in [1.807, 2.05) is 42.5 Å². The molecule has 4 aromatic rings. The summed E-state index contributed by atoms with van der Waals surface area (Å²) in [5, 5.41) is 4.47. The molecule has 0 radical (unpaired) electrons. The predicted octanol–water partition coefficient (Wildman–Crippen LogP) is 4.49. The van der Waals surface area contributed by atoms with Crippen LogP contribution in [-0.2, 0) is 16.4 Å². The molecule has 1 fully saturated rings. The third kappa shape index (κ3) is 5.64. The van der Waals surface area contributed by atoms with Crippen LogP contribution in [0.25, 0.3) is 10.9 Å². The number of aromatic nitrogens is 2. The Morgan fingerprint density at radius 3 is 2.30 bits per heavy atom. The lowest BCUT2D eigenvalue weighted by atomic mass is 10.1. The molecule has 0 amide bonds. The van der Waals surface area contributed by atoms with E-state index in [-0.39, 0.29) is 10.9 Å². The van der Waals surface area contributed by atoms with Crippen LogP contribution in [0, 0.1) is 5.82 Å². The molecule has 37 heavy (non-hydrogen) atoms. The molecule has 1 unspecified atom stereocenters. The highest BCUT2D eigenvalue weighted by atomic mass is 32.2. The zero-order valence-electron chi connectivity index (χ0n) is 20.7. The van der Waals surface area contributed by atoms with Crippen molar-refractivity contribution in [3.8, 4) is 0 Å². The van der Waals surface area contributed by atoms with Crippen molar-refractivity contribution < 1.29 is 12.8 Å². The topological polar surface area (TPSA) is 78.4 Å². The van der Waals surface area contributed by atoms with E-state index >= 15 is 0 Å². The molecule has 1 atom stereocenters. The summed E-state index contributed by atoms with van der Waals surface area (Å²) in [5.74, 6) is 1.05. The Morgan fingerprint density at radius 2 is 1.57 bits per heavy atom. The number of nitrogens with zero attached hydrogens (tertiary/aromatic N) is 4. The van der Waals surface area contributed by atoms with Crippen LogP contribution in [-0.4, -0.2) is 60.3 Å². The molecule has 1 N–H and O–H groups in total. The van der Waals surface area contributed by atoms with Gasteiger partial charge in [0.2, 0.25) is 10.0 Å². The molecule has 0 spiro atoms. The van der Waals surface area contributed by atoms with Crippen molar-refractivity contribution in [1.82, 2.24) is 19.2 Å². The van der Waals surface area contributed by atoms with Crippen molar-refractivity contribution in [3.05, 3.63) is 96.1 Å². The van der Waals surface area contributed by atoms with Gasteiger partial charge in [0, 0.05) is 38.1 Å². The van der Waals surface area contributed by atoms with Gasteiger partial charge in [0.25, 0.3) is 0 Å². The molecule has 1 saturated heterocycles. The minimum absolute atomic E-state index is 0.0880. The molecular weight excluding hydrogens is 489 g/mol. The molecule has 1 aromatic heterocycles. The molecule has 1 aliphatic heterocycles. The summed E-state index contributed by atoms with van der Waals surface area (Å²) in [5.41, 5.74) is 2.13. The van der Waals surface area contributed by atoms with Crippen LogP contribution in [0.2, 0.25) is 0 Å². The quantitative estimate of drug-likeness (QED) is 0.370. The summed E-state index contributed by atoms with van der Waals surface area (Å²) in [6, 6.07) is 23.2. The largest absolute Gasteiger partial charge is 0.369 e. The third-order valence-electron chi connectivity index (χ3n) is 6.82. The number of para-hydroxylation sites is 1. The lowest BCUT2D eigenvalue weighted by molar-refractivity contribution is 0.141. The second kappa shape index (κ2) is 10.9. The molecule has 0 aliphatic carbocycles.